The molecule has 1 unspecified atom stereocenters. The second-order valence-electron chi connectivity index (χ2n) is 3.55. The maximum Gasteiger partial charge on any atom is 0.326 e. The highest BCUT2D eigenvalue weighted by atomic mass is 16.4. The van der Waals surface area contributed by atoms with Gasteiger partial charge in [-0.15, -0.1) is 0 Å². The maximum atomic E-state index is 10.6. The third-order valence-electron chi connectivity index (χ3n) is 2.37. The summed E-state index contributed by atoms with van der Waals surface area (Å²) < 4.78 is 0. The van der Waals surface area contributed by atoms with Crippen molar-refractivity contribution in [1.82, 2.24) is 5.32 Å². The van der Waals surface area contributed by atoms with Gasteiger partial charge in [-0.1, -0.05) is 25.7 Å². The summed E-state index contributed by atoms with van der Waals surface area (Å²) in [6.07, 6.45) is 5.57. The lowest BCUT2D eigenvalue weighted by Gasteiger charge is -2.09. The molecule has 0 aromatic rings. The quantitative estimate of drug-likeness (QED) is 0.575. The zero-order valence-electron chi connectivity index (χ0n) is 7.53. The number of hydrogen-bond donors (Lipinski definition) is 2. The molecule has 13 heavy (non-hydrogen) atoms. The van der Waals surface area contributed by atoms with Crippen LogP contribution in [0.15, 0.2) is 0 Å². The van der Waals surface area contributed by atoms with Crippen LogP contribution in [0.5, 0.6) is 0 Å². The van der Waals surface area contributed by atoms with Crippen molar-refractivity contribution in [2.24, 2.45) is 5.92 Å². The molecule has 0 saturated heterocycles. The minimum atomic E-state index is -0.942. The summed E-state index contributed by atoms with van der Waals surface area (Å²) >= 11 is 0. The molecule has 1 rings (SSSR count). The van der Waals surface area contributed by atoms with Crippen LogP contribution in [0.2, 0.25) is 0 Å². The Morgan fingerprint density at radius 2 is 2.31 bits per heavy atom. The van der Waals surface area contributed by atoms with Gasteiger partial charge in [0.25, 0.3) is 0 Å². The number of carboxylic acid groups (broad SMARTS) is 1. The highest BCUT2D eigenvalue weighted by Crippen LogP contribution is 2.33. The molecule has 4 nitrogen and oxygen atoms in total. The molecule has 1 aliphatic rings. The molecule has 0 heterocycles. The van der Waals surface area contributed by atoms with Crippen LogP contribution in [0, 0.1) is 5.92 Å². The molecule has 1 aliphatic carbocycles. The lowest BCUT2D eigenvalue weighted by molar-refractivity contribution is -0.140. The first-order valence-electron chi connectivity index (χ1n) is 4.66. The van der Waals surface area contributed by atoms with Crippen molar-refractivity contribution in [3.8, 4) is 0 Å². The smallest absolute Gasteiger partial charge is 0.326 e. The zero-order chi connectivity index (χ0) is 9.68. The first-order chi connectivity index (χ1) is 6.24. The first-order valence-corrected chi connectivity index (χ1v) is 4.66. The van der Waals surface area contributed by atoms with Crippen molar-refractivity contribution in [3.05, 3.63) is 0 Å². The molecule has 1 amide bonds. The molecular formula is C9H15NO3. The van der Waals surface area contributed by atoms with Crippen LogP contribution < -0.4 is 5.32 Å². The fourth-order valence-electron chi connectivity index (χ4n) is 1.38. The minimum absolute atomic E-state index is 0.454. The molecule has 1 saturated carbocycles. The Kier molecular flexibility index (Phi) is 3.73. The Bertz CT molecular complexity index is 189. The summed E-state index contributed by atoms with van der Waals surface area (Å²) in [5.41, 5.74) is 0. The van der Waals surface area contributed by atoms with E-state index < -0.39 is 12.0 Å². The molecular weight excluding hydrogens is 170 g/mol. The normalized spacial score (nSPS) is 17.8. The summed E-state index contributed by atoms with van der Waals surface area (Å²) in [5, 5.41) is 11.0. The van der Waals surface area contributed by atoms with Crippen LogP contribution in [-0.4, -0.2) is 23.5 Å². The standard InChI is InChI=1S/C9H15NO3/c11-6-10-8(9(12)13)3-1-2-7-4-5-7/h6-8H,1-5H2,(H,10,11)(H,12,13). The van der Waals surface area contributed by atoms with Crippen LogP contribution in [0.3, 0.4) is 0 Å². The molecule has 1 fully saturated rings. The average Bonchev–Trinajstić information content (AvgIpc) is 2.86. The van der Waals surface area contributed by atoms with Gasteiger partial charge in [-0.3, -0.25) is 4.79 Å². The lowest BCUT2D eigenvalue weighted by atomic mass is 10.1. The zero-order valence-corrected chi connectivity index (χ0v) is 7.53. The van der Waals surface area contributed by atoms with Crippen LogP contribution >= 0.6 is 0 Å². The van der Waals surface area contributed by atoms with Gasteiger partial charge in [0.05, 0.1) is 0 Å². The maximum absolute atomic E-state index is 10.6. The number of aliphatic carboxylic acids is 1. The molecule has 0 bridgehead atoms. The van der Waals surface area contributed by atoms with E-state index in [9.17, 15) is 9.59 Å². The number of carbonyl (C=O) groups excluding carboxylic acids is 1. The molecule has 2 N–H and O–H groups in total. The van der Waals surface area contributed by atoms with E-state index >= 15 is 0 Å². The average molecular weight is 185 g/mol. The SMILES string of the molecule is O=CNC(CCCC1CC1)C(=O)O. The Balaban J connectivity index is 2.12. The molecule has 0 aromatic carbocycles. The van der Waals surface area contributed by atoms with Gasteiger partial charge in [0.2, 0.25) is 6.41 Å². The van der Waals surface area contributed by atoms with E-state index in [4.69, 9.17) is 5.11 Å². The van der Waals surface area contributed by atoms with E-state index in [0.717, 1.165) is 18.8 Å². The fraction of sp³-hybridized carbons (Fsp3) is 0.778. The van der Waals surface area contributed by atoms with Crippen LogP contribution in [0.1, 0.15) is 32.1 Å². The van der Waals surface area contributed by atoms with Gasteiger partial charge in [0.15, 0.2) is 0 Å². The second kappa shape index (κ2) is 4.84. The first kappa shape index (κ1) is 10.0. The summed E-state index contributed by atoms with van der Waals surface area (Å²) in [5.74, 6) is -0.117. The van der Waals surface area contributed by atoms with E-state index in [1.807, 2.05) is 0 Å². The van der Waals surface area contributed by atoms with Crippen molar-refractivity contribution < 1.29 is 14.7 Å². The summed E-state index contributed by atoms with van der Waals surface area (Å²) in [6, 6.07) is -0.698. The van der Waals surface area contributed by atoms with Crippen LogP contribution in [-0.2, 0) is 9.59 Å². The molecule has 0 aromatic heterocycles. The molecule has 0 spiro atoms. The third kappa shape index (κ3) is 3.92. The highest BCUT2D eigenvalue weighted by Gasteiger charge is 2.22. The van der Waals surface area contributed by atoms with Gasteiger partial charge in [0.1, 0.15) is 6.04 Å². The summed E-state index contributed by atoms with van der Waals surface area (Å²) in [7, 11) is 0. The number of carbonyl (C=O) groups is 2. The Hall–Kier alpha value is -1.06. The Morgan fingerprint density at radius 3 is 2.77 bits per heavy atom. The van der Waals surface area contributed by atoms with E-state index in [-0.39, 0.29) is 0 Å². The minimum Gasteiger partial charge on any atom is -0.480 e. The van der Waals surface area contributed by atoms with Gasteiger partial charge in [-0.25, -0.2) is 4.79 Å². The van der Waals surface area contributed by atoms with Crippen molar-refractivity contribution in [2.75, 3.05) is 0 Å². The number of hydrogen-bond acceptors (Lipinski definition) is 2. The summed E-state index contributed by atoms with van der Waals surface area (Å²) in [6.45, 7) is 0. The number of amides is 1. The van der Waals surface area contributed by atoms with Crippen molar-refractivity contribution >= 4 is 12.4 Å². The van der Waals surface area contributed by atoms with E-state index in [1.165, 1.54) is 12.8 Å². The molecule has 4 heteroatoms. The number of rotatable bonds is 7. The van der Waals surface area contributed by atoms with E-state index in [2.05, 4.69) is 5.32 Å². The fourth-order valence-corrected chi connectivity index (χ4v) is 1.38. The summed E-state index contributed by atoms with van der Waals surface area (Å²) in [4.78, 5) is 20.6. The van der Waals surface area contributed by atoms with Crippen molar-refractivity contribution in [3.63, 3.8) is 0 Å². The second-order valence-corrected chi connectivity index (χ2v) is 3.55. The van der Waals surface area contributed by atoms with Gasteiger partial charge in [-0.05, 0) is 12.3 Å². The topological polar surface area (TPSA) is 66.4 Å². The van der Waals surface area contributed by atoms with Crippen LogP contribution in [0.25, 0.3) is 0 Å². The predicted octanol–water partition coefficient (Wildman–Crippen LogP) is 0.766. The van der Waals surface area contributed by atoms with E-state index in [0.29, 0.717) is 12.8 Å². The van der Waals surface area contributed by atoms with Gasteiger partial charge in [-0.2, -0.15) is 0 Å². The third-order valence-corrected chi connectivity index (χ3v) is 2.37. The van der Waals surface area contributed by atoms with Crippen LogP contribution in [0.4, 0.5) is 0 Å². The highest BCUT2D eigenvalue weighted by molar-refractivity contribution is 5.76. The molecule has 0 aliphatic heterocycles. The number of nitrogens with one attached hydrogen (secondary N) is 1. The Morgan fingerprint density at radius 1 is 1.62 bits per heavy atom. The van der Waals surface area contributed by atoms with Crippen molar-refractivity contribution in [2.45, 2.75) is 38.1 Å². The van der Waals surface area contributed by atoms with E-state index in [1.54, 1.807) is 0 Å². The van der Waals surface area contributed by atoms with Gasteiger partial charge >= 0.3 is 5.97 Å². The molecule has 0 radical (unpaired) electrons. The number of carboxylic acids is 1. The monoisotopic (exact) mass is 185 g/mol. The molecule has 1 atom stereocenters. The lowest BCUT2D eigenvalue weighted by Crippen LogP contribution is -2.35. The van der Waals surface area contributed by atoms with Gasteiger partial charge in [0, 0.05) is 0 Å². The van der Waals surface area contributed by atoms with Gasteiger partial charge < -0.3 is 10.4 Å². The predicted molar refractivity (Wildman–Crippen MR) is 47.2 cm³/mol. The largest absolute Gasteiger partial charge is 0.480 e. The molecule has 74 valence electrons. The Labute approximate surface area is 77.3 Å². The van der Waals surface area contributed by atoms with Crippen molar-refractivity contribution in [1.29, 1.82) is 0 Å².